The number of nitrogens with zero attached hydrogens (tertiary/aromatic N) is 2. The van der Waals surface area contributed by atoms with Crippen LogP contribution in [-0.4, -0.2) is 79.5 Å². The van der Waals surface area contributed by atoms with Gasteiger partial charge in [-0.3, -0.25) is 9.80 Å². The minimum atomic E-state index is -0.0470. The van der Waals surface area contributed by atoms with Gasteiger partial charge in [0.2, 0.25) is 0 Å². The van der Waals surface area contributed by atoms with Crippen LogP contribution in [0.25, 0.3) is 0 Å². The van der Waals surface area contributed by atoms with E-state index in [2.05, 4.69) is 23.6 Å². The molecule has 21 heavy (non-hydrogen) atoms. The number of hydrogen-bond donors (Lipinski definition) is 1. The molecular weight excluding hydrogens is 266 g/mol. The second-order valence-corrected chi connectivity index (χ2v) is 7.50. The van der Waals surface area contributed by atoms with Gasteiger partial charge in [0, 0.05) is 50.9 Å². The normalized spacial score (nSPS) is 38.7. The first kappa shape index (κ1) is 15.7. The van der Waals surface area contributed by atoms with Crippen LogP contribution < -0.4 is 5.73 Å². The molecule has 0 radical (unpaired) electrons. The van der Waals surface area contributed by atoms with Gasteiger partial charge in [-0.1, -0.05) is 0 Å². The number of likely N-dealkylation sites (tertiary alicyclic amines) is 1. The van der Waals surface area contributed by atoms with Crippen molar-refractivity contribution in [3.63, 3.8) is 0 Å². The Morgan fingerprint density at radius 1 is 1.14 bits per heavy atom. The van der Waals surface area contributed by atoms with Crippen LogP contribution in [0.4, 0.5) is 0 Å². The van der Waals surface area contributed by atoms with E-state index in [1.165, 1.54) is 13.0 Å². The number of rotatable bonds is 3. The summed E-state index contributed by atoms with van der Waals surface area (Å²) in [6, 6.07) is 0.684. The maximum absolute atomic E-state index is 6.23. The molecule has 0 amide bonds. The molecule has 0 bridgehead atoms. The van der Waals surface area contributed by atoms with Crippen molar-refractivity contribution in [3.8, 4) is 0 Å². The van der Waals surface area contributed by atoms with Crippen LogP contribution in [0.5, 0.6) is 0 Å². The molecule has 3 saturated heterocycles. The summed E-state index contributed by atoms with van der Waals surface area (Å²) >= 11 is 0. The van der Waals surface area contributed by atoms with Crippen molar-refractivity contribution in [2.24, 2.45) is 5.73 Å². The van der Waals surface area contributed by atoms with Crippen molar-refractivity contribution >= 4 is 0 Å². The lowest BCUT2D eigenvalue weighted by Gasteiger charge is -2.49. The predicted octanol–water partition coefficient (Wildman–Crippen LogP) is 0.679. The van der Waals surface area contributed by atoms with E-state index in [9.17, 15) is 0 Å². The standard InChI is InChI=1S/C16H31N3O2/c1-15(2)12-16(13-17,4-8-21-15)19-5-3-14(11-19)18-6-9-20-10-7-18/h14H,3-13,17H2,1-2H3. The van der Waals surface area contributed by atoms with Crippen LogP contribution in [0.1, 0.15) is 33.1 Å². The third-order valence-corrected chi connectivity index (χ3v) is 5.59. The van der Waals surface area contributed by atoms with Crippen LogP contribution in [0.15, 0.2) is 0 Å². The summed E-state index contributed by atoms with van der Waals surface area (Å²) in [6.45, 7) is 12.3. The molecule has 0 aromatic heterocycles. The summed E-state index contributed by atoms with van der Waals surface area (Å²) in [7, 11) is 0. The van der Waals surface area contributed by atoms with Gasteiger partial charge in [-0.25, -0.2) is 0 Å². The Kier molecular flexibility index (Phi) is 4.58. The summed E-state index contributed by atoms with van der Waals surface area (Å²) in [5.74, 6) is 0. The first-order valence-corrected chi connectivity index (χ1v) is 8.46. The Hall–Kier alpha value is -0.200. The van der Waals surface area contributed by atoms with E-state index >= 15 is 0 Å². The molecule has 3 fully saturated rings. The monoisotopic (exact) mass is 297 g/mol. The lowest BCUT2D eigenvalue weighted by Crippen LogP contribution is -2.60. The van der Waals surface area contributed by atoms with E-state index in [1.54, 1.807) is 0 Å². The van der Waals surface area contributed by atoms with Crippen LogP contribution in [-0.2, 0) is 9.47 Å². The van der Waals surface area contributed by atoms with Crippen LogP contribution >= 0.6 is 0 Å². The molecule has 3 aliphatic heterocycles. The van der Waals surface area contributed by atoms with Crippen molar-refractivity contribution in [1.82, 2.24) is 9.80 Å². The van der Waals surface area contributed by atoms with E-state index in [4.69, 9.17) is 15.2 Å². The first-order chi connectivity index (χ1) is 10.0. The fraction of sp³-hybridized carbons (Fsp3) is 1.00. The summed E-state index contributed by atoms with van der Waals surface area (Å²) in [6.07, 6.45) is 3.39. The molecule has 3 aliphatic rings. The number of ether oxygens (including phenoxy) is 2. The molecule has 122 valence electrons. The SMILES string of the molecule is CC1(C)CC(CN)(N2CCC(N3CCOCC3)C2)CCO1. The molecule has 5 nitrogen and oxygen atoms in total. The van der Waals surface area contributed by atoms with Crippen molar-refractivity contribution in [2.75, 3.05) is 52.5 Å². The topological polar surface area (TPSA) is 51.0 Å². The van der Waals surface area contributed by atoms with E-state index in [-0.39, 0.29) is 11.1 Å². The summed E-state index contributed by atoms with van der Waals surface area (Å²) in [5, 5.41) is 0. The minimum Gasteiger partial charge on any atom is -0.379 e. The molecule has 2 N–H and O–H groups in total. The van der Waals surface area contributed by atoms with Crippen molar-refractivity contribution < 1.29 is 9.47 Å². The molecule has 5 heteroatoms. The van der Waals surface area contributed by atoms with Gasteiger partial charge in [0.25, 0.3) is 0 Å². The van der Waals surface area contributed by atoms with Gasteiger partial charge in [-0.05, 0) is 33.1 Å². The second-order valence-electron chi connectivity index (χ2n) is 7.50. The maximum atomic E-state index is 6.23. The molecule has 3 rings (SSSR count). The maximum Gasteiger partial charge on any atom is 0.0644 e. The van der Waals surface area contributed by atoms with Gasteiger partial charge < -0.3 is 15.2 Å². The smallest absolute Gasteiger partial charge is 0.0644 e. The largest absolute Gasteiger partial charge is 0.379 e. The van der Waals surface area contributed by atoms with Gasteiger partial charge in [-0.15, -0.1) is 0 Å². The Morgan fingerprint density at radius 2 is 1.90 bits per heavy atom. The highest BCUT2D eigenvalue weighted by molar-refractivity contribution is 5.02. The average Bonchev–Trinajstić information content (AvgIpc) is 2.97. The molecule has 3 heterocycles. The highest BCUT2D eigenvalue weighted by Gasteiger charge is 2.46. The molecule has 0 aromatic rings. The second kappa shape index (κ2) is 6.13. The van der Waals surface area contributed by atoms with Gasteiger partial charge in [0.15, 0.2) is 0 Å². The molecule has 2 unspecified atom stereocenters. The van der Waals surface area contributed by atoms with E-state index in [0.29, 0.717) is 6.04 Å². The summed E-state index contributed by atoms with van der Waals surface area (Å²) in [4.78, 5) is 5.27. The third-order valence-electron chi connectivity index (χ3n) is 5.59. The van der Waals surface area contributed by atoms with Gasteiger partial charge in [0.05, 0.1) is 18.8 Å². The minimum absolute atomic E-state index is 0.0470. The highest BCUT2D eigenvalue weighted by atomic mass is 16.5. The van der Waals surface area contributed by atoms with Gasteiger partial charge >= 0.3 is 0 Å². The molecule has 0 saturated carbocycles. The summed E-state index contributed by atoms with van der Waals surface area (Å²) in [5.41, 5.74) is 6.33. The van der Waals surface area contributed by atoms with Crippen molar-refractivity contribution in [1.29, 1.82) is 0 Å². The number of hydrogen-bond acceptors (Lipinski definition) is 5. The molecule has 0 aliphatic carbocycles. The van der Waals surface area contributed by atoms with E-state index < -0.39 is 0 Å². The zero-order valence-electron chi connectivity index (χ0n) is 13.6. The lowest BCUT2D eigenvalue weighted by molar-refractivity contribution is -0.115. The highest BCUT2D eigenvalue weighted by Crippen LogP contribution is 2.38. The number of nitrogens with two attached hydrogens (primary N) is 1. The first-order valence-electron chi connectivity index (χ1n) is 8.46. The molecular formula is C16H31N3O2. The number of morpholine rings is 1. The van der Waals surface area contributed by atoms with Crippen molar-refractivity contribution in [3.05, 3.63) is 0 Å². The fourth-order valence-corrected chi connectivity index (χ4v) is 4.44. The quantitative estimate of drug-likeness (QED) is 0.830. The van der Waals surface area contributed by atoms with E-state index in [0.717, 1.165) is 58.8 Å². The molecule has 0 aromatic carbocycles. The van der Waals surface area contributed by atoms with Crippen LogP contribution in [0.2, 0.25) is 0 Å². The van der Waals surface area contributed by atoms with Crippen LogP contribution in [0, 0.1) is 0 Å². The Bertz CT molecular complexity index is 357. The lowest BCUT2D eigenvalue weighted by atomic mass is 9.80. The fourth-order valence-electron chi connectivity index (χ4n) is 4.44. The average molecular weight is 297 g/mol. The predicted molar refractivity (Wildman–Crippen MR) is 83.4 cm³/mol. The van der Waals surface area contributed by atoms with Crippen molar-refractivity contribution in [2.45, 2.75) is 50.3 Å². The van der Waals surface area contributed by atoms with E-state index in [1.807, 2.05) is 0 Å². The van der Waals surface area contributed by atoms with Gasteiger partial charge in [-0.2, -0.15) is 0 Å². The summed E-state index contributed by atoms with van der Waals surface area (Å²) < 4.78 is 11.4. The van der Waals surface area contributed by atoms with Gasteiger partial charge in [0.1, 0.15) is 0 Å². The molecule has 0 spiro atoms. The zero-order chi connectivity index (χ0) is 14.9. The third kappa shape index (κ3) is 3.27. The Morgan fingerprint density at radius 3 is 2.57 bits per heavy atom. The Labute approximate surface area is 128 Å². The zero-order valence-corrected chi connectivity index (χ0v) is 13.6. The Balaban J connectivity index is 1.65. The molecule has 2 atom stereocenters. The van der Waals surface area contributed by atoms with Crippen LogP contribution in [0.3, 0.4) is 0 Å².